The summed E-state index contributed by atoms with van der Waals surface area (Å²) in [7, 11) is 1.35. The van der Waals surface area contributed by atoms with Crippen molar-refractivity contribution in [2.45, 2.75) is 0 Å². The highest BCUT2D eigenvalue weighted by Crippen LogP contribution is 2.33. The summed E-state index contributed by atoms with van der Waals surface area (Å²) < 4.78 is 6.71. The number of carbonyl (C=O) groups excluding carboxylic acids is 1. The molecule has 0 aliphatic heterocycles. The van der Waals surface area contributed by atoms with Gasteiger partial charge in [-0.05, 0) is 54.6 Å². The minimum Gasteiger partial charge on any atom is -0.465 e. The number of benzene rings is 2. The summed E-state index contributed by atoms with van der Waals surface area (Å²) in [6, 6.07) is 22.0. The number of fused-ring (bicyclic) bond motifs is 1. The Hall–Kier alpha value is -4.23. The van der Waals surface area contributed by atoms with Crippen molar-refractivity contribution < 1.29 is 9.53 Å². The highest BCUT2D eigenvalue weighted by molar-refractivity contribution is 6.33. The number of aromatic nitrogens is 4. The van der Waals surface area contributed by atoms with Gasteiger partial charge in [0.25, 0.3) is 0 Å². The van der Waals surface area contributed by atoms with Gasteiger partial charge in [-0.3, -0.25) is 4.57 Å². The summed E-state index contributed by atoms with van der Waals surface area (Å²) in [5.74, 6) is 0.532. The normalized spacial score (nSPS) is 11.0. The van der Waals surface area contributed by atoms with Gasteiger partial charge in [0, 0.05) is 22.5 Å². The standard InChI is InChI=1S/C25H18ClN5O2/c1-33-25(32)15-8-10-16(11-9-15)31-23(18-6-4-14-28-22(18)27)30-21-13-12-20(29-24(21)31)17-5-2-3-7-19(17)26/h2-14H,1H3,(H2,27,28). The second-order valence-electron chi connectivity index (χ2n) is 7.26. The smallest absolute Gasteiger partial charge is 0.337 e. The van der Waals surface area contributed by atoms with E-state index < -0.39 is 5.97 Å². The number of nitrogens with zero attached hydrogens (tertiary/aromatic N) is 4. The molecule has 0 aliphatic rings. The monoisotopic (exact) mass is 455 g/mol. The van der Waals surface area contributed by atoms with Gasteiger partial charge in [-0.2, -0.15) is 0 Å². The van der Waals surface area contributed by atoms with Crippen LogP contribution in [0.1, 0.15) is 10.4 Å². The van der Waals surface area contributed by atoms with Gasteiger partial charge in [-0.25, -0.2) is 19.7 Å². The molecule has 0 radical (unpaired) electrons. The predicted molar refractivity (Wildman–Crippen MR) is 128 cm³/mol. The first kappa shape index (κ1) is 20.7. The van der Waals surface area contributed by atoms with Crippen LogP contribution in [0, 0.1) is 0 Å². The van der Waals surface area contributed by atoms with Crippen molar-refractivity contribution in [3.8, 4) is 28.3 Å². The lowest BCUT2D eigenvalue weighted by molar-refractivity contribution is 0.0600. The van der Waals surface area contributed by atoms with E-state index in [9.17, 15) is 4.79 Å². The summed E-state index contributed by atoms with van der Waals surface area (Å²) in [5, 5.41) is 0.606. The molecule has 0 unspecified atom stereocenters. The van der Waals surface area contributed by atoms with Crippen LogP contribution < -0.4 is 5.73 Å². The number of nitrogens with two attached hydrogens (primary N) is 1. The topological polar surface area (TPSA) is 95.9 Å². The fraction of sp³-hybridized carbons (Fsp3) is 0.0400. The number of anilines is 1. The Kier molecular flexibility index (Phi) is 5.24. The molecule has 7 nitrogen and oxygen atoms in total. The zero-order valence-corrected chi connectivity index (χ0v) is 18.3. The number of halogens is 1. The van der Waals surface area contributed by atoms with E-state index in [-0.39, 0.29) is 0 Å². The van der Waals surface area contributed by atoms with Crippen LogP contribution in [0.15, 0.2) is 79.0 Å². The molecule has 2 aromatic carbocycles. The second-order valence-corrected chi connectivity index (χ2v) is 7.67. The zero-order chi connectivity index (χ0) is 22.9. The second kappa shape index (κ2) is 8.37. The van der Waals surface area contributed by atoms with Gasteiger partial charge in [0.15, 0.2) is 11.5 Å². The van der Waals surface area contributed by atoms with Crippen molar-refractivity contribution in [1.29, 1.82) is 0 Å². The summed E-state index contributed by atoms with van der Waals surface area (Å²) in [6.07, 6.45) is 1.63. The van der Waals surface area contributed by atoms with Gasteiger partial charge >= 0.3 is 5.97 Å². The Morgan fingerprint density at radius 1 is 0.939 bits per heavy atom. The van der Waals surface area contributed by atoms with Gasteiger partial charge in [0.05, 0.1) is 23.9 Å². The number of hydrogen-bond acceptors (Lipinski definition) is 6. The first-order valence-electron chi connectivity index (χ1n) is 10.1. The number of rotatable bonds is 4. The Labute approximate surface area is 194 Å². The highest BCUT2D eigenvalue weighted by Gasteiger charge is 2.19. The molecular formula is C25H18ClN5O2. The van der Waals surface area contributed by atoms with Gasteiger partial charge in [0.2, 0.25) is 0 Å². The molecule has 0 atom stereocenters. The van der Waals surface area contributed by atoms with Crippen LogP contribution >= 0.6 is 11.6 Å². The van der Waals surface area contributed by atoms with Crippen molar-refractivity contribution in [2.24, 2.45) is 0 Å². The first-order valence-corrected chi connectivity index (χ1v) is 10.5. The molecule has 0 saturated carbocycles. The molecule has 3 aromatic heterocycles. The largest absolute Gasteiger partial charge is 0.465 e. The van der Waals surface area contributed by atoms with Crippen LogP contribution in [-0.4, -0.2) is 32.6 Å². The van der Waals surface area contributed by atoms with E-state index in [1.807, 2.05) is 59.2 Å². The fourth-order valence-corrected chi connectivity index (χ4v) is 3.91. The summed E-state index contributed by atoms with van der Waals surface area (Å²) >= 11 is 6.42. The third-order valence-electron chi connectivity index (χ3n) is 5.28. The molecule has 5 aromatic rings. The van der Waals surface area contributed by atoms with Crippen molar-refractivity contribution in [1.82, 2.24) is 19.5 Å². The van der Waals surface area contributed by atoms with Crippen LogP contribution in [0.4, 0.5) is 5.82 Å². The van der Waals surface area contributed by atoms with Crippen LogP contribution in [0.3, 0.4) is 0 Å². The summed E-state index contributed by atoms with van der Waals surface area (Å²) in [4.78, 5) is 25.8. The molecule has 0 aliphatic carbocycles. The molecule has 162 valence electrons. The maximum absolute atomic E-state index is 11.9. The first-order chi connectivity index (χ1) is 16.1. The maximum atomic E-state index is 11.9. The fourth-order valence-electron chi connectivity index (χ4n) is 3.67. The molecular weight excluding hydrogens is 438 g/mol. The Morgan fingerprint density at radius 3 is 2.42 bits per heavy atom. The molecule has 2 N–H and O–H groups in total. The van der Waals surface area contributed by atoms with E-state index in [2.05, 4.69) is 4.98 Å². The number of ether oxygens (including phenoxy) is 1. The van der Waals surface area contributed by atoms with Gasteiger partial charge in [0.1, 0.15) is 11.3 Å². The number of imidazole rings is 1. The Morgan fingerprint density at radius 2 is 1.70 bits per heavy atom. The average molecular weight is 456 g/mol. The Balaban J connectivity index is 1.77. The van der Waals surface area contributed by atoms with E-state index in [0.717, 1.165) is 11.3 Å². The van der Waals surface area contributed by atoms with E-state index in [1.165, 1.54) is 7.11 Å². The SMILES string of the molecule is COC(=O)c1ccc(-n2c(-c3cccnc3N)nc3ccc(-c4ccccc4Cl)nc32)cc1. The lowest BCUT2D eigenvalue weighted by Crippen LogP contribution is -2.04. The van der Waals surface area contributed by atoms with Gasteiger partial charge < -0.3 is 10.5 Å². The highest BCUT2D eigenvalue weighted by atomic mass is 35.5. The molecule has 0 spiro atoms. The summed E-state index contributed by atoms with van der Waals surface area (Å²) in [6.45, 7) is 0. The minimum atomic E-state index is -0.409. The molecule has 0 fully saturated rings. The summed E-state index contributed by atoms with van der Waals surface area (Å²) in [5.41, 5.74) is 10.9. The van der Waals surface area contributed by atoms with Crippen molar-refractivity contribution in [3.05, 3.63) is 89.6 Å². The van der Waals surface area contributed by atoms with Crippen LogP contribution in [-0.2, 0) is 4.74 Å². The molecule has 3 heterocycles. The number of hydrogen-bond donors (Lipinski definition) is 1. The predicted octanol–water partition coefficient (Wildman–Crippen LogP) is 5.17. The molecule has 0 saturated heterocycles. The quantitative estimate of drug-likeness (QED) is 0.375. The zero-order valence-electron chi connectivity index (χ0n) is 17.6. The number of esters is 1. The third-order valence-corrected chi connectivity index (χ3v) is 5.61. The number of methoxy groups -OCH3 is 1. The van der Waals surface area contributed by atoms with Gasteiger partial charge in [-0.15, -0.1) is 0 Å². The van der Waals surface area contributed by atoms with E-state index in [4.69, 9.17) is 32.0 Å². The van der Waals surface area contributed by atoms with E-state index in [1.54, 1.807) is 24.4 Å². The molecule has 0 bridgehead atoms. The number of carbonyl (C=O) groups is 1. The number of nitrogen functional groups attached to an aromatic ring is 1. The maximum Gasteiger partial charge on any atom is 0.337 e. The van der Waals surface area contributed by atoms with E-state index in [0.29, 0.717) is 44.6 Å². The van der Waals surface area contributed by atoms with Crippen LogP contribution in [0.25, 0.3) is 39.5 Å². The molecule has 5 rings (SSSR count). The van der Waals surface area contributed by atoms with E-state index >= 15 is 0 Å². The molecule has 33 heavy (non-hydrogen) atoms. The van der Waals surface area contributed by atoms with Crippen molar-refractivity contribution in [2.75, 3.05) is 12.8 Å². The number of pyridine rings is 2. The third kappa shape index (κ3) is 3.68. The Bertz CT molecular complexity index is 1500. The van der Waals surface area contributed by atoms with Gasteiger partial charge in [-0.1, -0.05) is 29.8 Å². The molecule has 0 amide bonds. The van der Waals surface area contributed by atoms with Crippen LogP contribution in [0.5, 0.6) is 0 Å². The minimum absolute atomic E-state index is 0.353. The lowest BCUT2D eigenvalue weighted by atomic mass is 10.1. The molecule has 8 heteroatoms. The lowest BCUT2D eigenvalue weighted by Gasteiger charge is -2.11. The van der Waals surface area contributed by atoms with Crippen LogP contribution in [0.2, 0.25) is 5.02 Å². The van der Waals surface area contributed by atoms with Crippen molar-refractivity contribution >= 4 is 34.6 Å². The average Bonchev–Trinajstić information content (AvgIpc) is 3.22. The van der Waals surface area contributed by atoms with Crippen molar-refractivity contribution in [3.63, 3.8) is 0 Å².